The van der Waals surface area contributed by atoms with Gasteiger partial charge in [0.25, 0.3) is 0 Å². The molecule has 0 fully saturated rings. The summed E-state index contributed by atoms with van der Waals surface area (Å²) in [4.78, 5) is 17.3. The number of carbonyl (C=O) groups excluding carboxylic acids is 1. The van der Waals surface area contributed by atoms with E-state index < -0.39 is 5.97 Å². The molecule has 0 unspecified atom stereocenters. The molecule has 19 heavy (non-hydrogen) atoms. The van der Waals surface area contributed by atoms with Gasteiger partial charge in [-0.15, -0.1) is 16.9 Å². The number of rotatable bonds is 4. The summed E-state index contributed by atoms with van der Waals surface area (Å²) in [7, 11) is 0. The Morgan fingerprint density at radius 1 is 1.26 bits per heavy atom. The fourth-order valence-corrected chi connectivity index (χ4v) is 1.42. The van der Waals surface area contributed by atoms with E-state index in [-0.39, 0.29) is 6.04 Å². The Morgan fingerprint density at radius 2 is 1.95 bits per heavy atom. The van der Waals surface area contributed by atoms with Gasteiger partial charge in [-0.3, -0.25) is 0 Å². The largest absolute Gasteiger partial charge is 0.362 e. The molecule has 0 aliphatic heterocycles. The van der Waals surface area contributed by atoms with E-state index >= 15 is 0 Å². The van der Waals surface area contributed by atoms with E-state index in [2.05, 4.69) is 23.7 Å². The van der Waals surface area contributed by atoms with Crippen molar-refractivity contribution in [3.8, 4) is 23.7 Å². The van der Waals surface area contributed by atoms with Crippen LogP contribution in [-0.4, -0.2) is 23.6 Å². The van der Waals surface area contributed by atoms with Gasteiger partial charge in [-0.2, -0.15) is 0 Å². The SMILES string of the molecule is CC#CCN(OC(=O)c1ccccc1)[C@H](C)C#CC. The van der Waals surface area contributed by atoms with Gasteiger partial charge in [0.1, 0.15) is 6.04 Å². The fourth-order valence-electron chi connectivity index (χ4n) is 1.42. The van der Waals surface area contributed by atoms with Crippen molar-refractivity contribution in [2.45, 2.75) is 26.8 Å². The van der Waals surface area contributed by atoms with Crippen molar-refractivity contribution in [2.24, 2.45) is 0 Å². The van der Waals surface area contributed by atoms with Gasteiger partial charge in [0, 0.05) is 0 Å². The van der Waals surface area contributed by atoms with Crippen LogP contribution in [-0.2, 0) is 4.84 Å². The van der Waals surface area contributed by atoms with Gasteiger partial charge in [0.15, 0.2) is 0 Å². The van der Waals surface area contributed by atoms with Crippen LogP contribution in [0.4, 0.5) is 0 Å². The van der Waals surface area contributed by atoms with E-state index in [9.17, 15) is 4.79 Å². The first-order valence-electron chi connectivity index (χ1n) is 6.05. The normalized spacial score (nSPS) is 10.7. The standard InChI is InChI=1S/C16H17NO2/c1-4-6-13-17(14(3)10-5-2)19-16(18)15-11-8-7-9-12-15/h7-9,11-12,14H,13H2,1-3H3/t14-/m1/s1. The third kappa shape index (κ3) is 4.87. The number of nitrogens with zero attached hydrogens (tertiary/aromatic N) is 1. The van der Waals surface area contributed by atoms with Gasteiger partial charge >= 0.3 is 5.97 Å². The summed E-state index contributed by atoms with van der Waals surface area (Å²) in [6.45, 7) is 5.70. The fraction of sp³-hybridized carbons (Fsp3) is 0.312. The highest BCUT2D eigenvalue weighted by Crippen LogP contribution is 2.06. The van der Waals surface area contributed by atoms with Crippen molar-refractivity contribution in [3.63, 3.8) is 0 Å². The summed E-state index contributed by atoms with van der Waals surface area (Å²) in [5.41, 5.74) is 0.508. The molecule has 0 saturated carbocycles. The minimum absolute atomic E-state index is 0.196. The average Bonchev–Trinajstić information content (AvgIpc) is 2.44. The van der Waals surface area contributed by atoms with Gasteiger partial charge in [0.05, 0.1) is 12.1 Å². The van der Waals surface area contributed by atoms with Crippen LogP contribution >= 0.6 is 0 Å². The summed E-state index contributed by atoms with van der Waals surface area (Å²) >= 11 is 0. The van der Waals surface area contributed by atoms with Crippen molar-refractivity contribution in [1.29, 1.82) is 0 Å². The third-order valence-electron chi connectivity index (χ3n) is 2.41. The van der Waals surface area contributed by atoms with Crippen LogP contribution in [0.25, 0.3) is 0 Å². The lowest BCUT2D eigenvalue weighted by Gasteiger charge is -2.21. The molecule has 0 spiro atoms. The maximum atomic E-state index is 12.0. The molecule has 0 saturated heterocycles. The highest BCUT2D eigenvalue weighted by Gasteiger charge is 2.17. The van der Waals surface area contributed by atoms with Crippen molar-refractivity contribution < 1.29 is 9.63 Å². The molecule has 0 aliphatic rings. The Bertz CT molecular complexity index is 529. The predicted octanol–water partition coefficient (Wildman–Crippen LogP) is 2.50. The van der Waals surface area contributed by atoms with Gasteiger partial charge in [-0.25, -0.2) is 4.79 Å². The zero-order chi connectivity index (χ0) is 14.1. The molecule has 0 aliphatic carbocycles. The molecule has 98 valence electrons. The highest BCUT2D eigenvalue weighted by atomic mass is 16.7. The minimum atomic E-state index is -0.400. The minimum Gasteiger partial charge on any atom is -0.362 e. The van der Waals surface area contributed by atoms with Gasteiger partial charge in [0.2, 0.25) is 0 Å². The number of hydrogen-bond acceptors (Lipinski definition) is 3. The Balaban J connectivity index is 2.78. The molecular weight excluding hydrogens is 238 g/mol. The van der Waals surface area contributed by atoms with Crippen molar-refractivity contribution >= 4 is 5.97 Å². The number of hydroxylamine groups is 2. The molecule has 1 rings (SSSR count). The van der Waals surface area contributed by atoms with Crippen LogP contribution in [0.15, 0.2) is 30.3 Å². The van der Waals surface area contributed by atoms with E-state index in [0.717, 1.165) is 0 Å². The Labute approximate surface area is 114 Å². The number of carbonyl (C=O) groups is 1. The molecule has 1 atom stereocenters. The van der Waals surface area contributed by atoms with E-state index in [4.69, 9.17) is 4.84 Å². The van der Waals surface area contributed by atoms with Crippen LogP contribution in [0.3, 0.4) is 0 Å². The van der Waals surface area contributed by atoms with Gasteiger partial charge < -0.3 is 4.84 Å². The smallest absolute Gasteiger partial charge is 0.357 e. The maximum Gasteiger partial charge on any atom is 0.357 e. The van der Waals surface area contributed by atoms with E-state index in [1.807, 2.05) is 13.0 Å². The monoisotopic (exact) mass is 255 g/mol. The third-order valence-corrected chi connectivity index (χ3v) is 2.41. The lowest BCUT2D eigenvalue weighted by molar-refractivity contribution is -0.112. The molecule has 1 aromatic carbocycles. The molecule has 0 radical (unpaired) electrons. The topological polar surface area (TPSA) is 29.5 Å². The molecule has 0 heterocycles. The highest BCUT2D eigenvalue weighted by molar-refractivity contribution is 5.89. The van der Waals surface area contributed by atoms with Crippen molar-refractivity contribution in [1.82, 2.24) is 5.06 Å². The molecular formula is C16H17NO2. The van der Waals surface area contributed by atoms with Crippen LogP contribution in [0.5, 0.6) is 0 Å². The zero-order valence-corrected chi connectivity index (χ0v) is 11.4. The second kappa shape index (κ2) is 7.97. The number of benzene rings is 1. The van der Waals surface area contributed by atoms with Crippen LogP contribution < -0.4 is 0 Å². The second-order valence-electron chi connectivity index (χ2n) is 3.82. The molecule has 1 aromatic rings. The summed E-state index contributed by atoms with van der Waals surface area (Å²) in [6, 6.07) is 8.66. The first-order chi connectivity index (χ1) is 9.19. The van der Waals surface area contributed by atoms with Crippen molar-refractivity contribution in [2.75, 3.05) is 6.54 Å². The van der Waals surface area contributed by atoms with Crippen LogP contribution in [0.2, 0.25) is 0 Å². The number of hydrogen-bond donors (Lipinski definition) is 0. The van der Waals surface area contributed by atoms with Crippen LogP contribution in [0.1, 0.15) is 31.1 Å². The summed E-state index contributed by atoms with van der Waals surface area (Å²) in [5, 5.41) is 1.49. The Morgan fingerprint density at radius 3 is 2.53 bits per heavy atom. The average molecular weight is 255 g/mol. The lowest BCUT2D eigenvalue weighted by atomic mass is 10.2. The van der Waals surface area contributed by atoms with Gasteiger partial charge in [-0.1, -0.05) is 30.0 Å². The molecule has 0 bridgehead atoms. The van der Waals surface area contributed by atoms with Crippen molar-refractivity contribution in [3.05, 3.63) is 35.9 Å². The molecule has 3 heteroatoms. The Kier molecular flexibility index (Phi) is 6.22. The van der Waals surface area contributed by atoms with E-state index in [0.29, 0.717) is 12.1 Å². The summed E-state index contributed by atoms with van der Waals surface area (Å²) in [5.74, 6) is 11.0. The first-order valence-corrected chi connectivity index (χ1v) is 6.05. The van der Waals surface area contributed by atoms with E-state index in [1.54, 1.807) is 38.1 Å². The molecule has 0 aromatic heterocycles. The summed E-state index contributed by atoms with van der Waals surface area (Å²) in [6.07, 6.45) is 0. The predicted molar refractivity (Wildman–Crippen MR) is 74.9 cm³/mol. The zero-order valence-electron chi connectivity index (χ0n) is 11.4. The summed E-state index contributed by atoms with van der Waals surface area (Å²) < 4.78 is 0. The lowest BCUT2D eigenvalue weighted by Crippen LogP contribution is -2.35. The molecule has 0 N–H and O–H groups in total. The molecule has 3 nitrogen and oxygen atoms in total. The molecule has 0 amide bonds. The van der Waals surface area contributed by atoms with Gasteiger partial charge in [-0.05, 0) is 32.9 Å². The van der Waals surface area contributed by atoms with Crippen LogP contribution in [0, 0.1) is 23.7 Å². The first kappa shape index (κ1) is 14.8. The van der Waals surface area contributed by atoms with E-state index in [1.165, 1.54) is 5.06 Å². The Hall–Kier alpha value is -2.23. The maximum absolute atomic E-state index is 12.0. The quantitative estimate of drug-likeness (QED) is 0.611. The second-order valence-corrected chi connectivity index (χ2v) is 3.82.